The molecule has 2 aromatic carbocycles. The second-order valence-electron chi connectivity index (χ2n) is 7.79. The molecule has 0 N–H and O–H groups in total. The lowest BCUT2D eigenvalue weighted by Gasteiger charge is -2.08. The van der Waals surface area contributed by atoms with E-state index in [1.54, 1.807) is 55.5 Å². The maximum absolute atomic E-state index is 12.4. The van der Waals surface area contributed by atoms with Crippen LogP contribution in [0.2, 0.25) is 0 Å². The highest BCUT2D eigenvalue weighted by molar-refractivity contribution is 5.91. The Morgan fingerprint density at radius 1 is 0.765 bits per heavy atom. The number of esters is 3. The van der Waals surface area contributed by atoms with E-state index in [1.165, 1.54) is 0 Å². The van der Waals surface area contributed by atoms with Gasteiger partial charge in [-0.3, -0.25) is 4.79 Å². The minimum Gasteiger partial charge on any atom is -0.494 e. The average Bonchev–Trinajstić information content (AvgIpc) is 2.82. The summed E-state index contributed by atoms with van der Waals surface area (Å²) in [5, 5.41) is 0. The molecule has 34 heavy (non-hydrogen) atoms. The molecule has 0 spiro atoms. The van der Waals surface area contributed by atoms with Gasteiger partial charge in [0, 0.05) is 12.0 Å². The number of rotatable bonds is 14. The average molecular weight is 469 g/mol. The van der Waals surface area contributed by atoms with Crippen molar-refractivity contribution in [1.82, 2.24) is 0 Å². The zero-order valence-corrected chi connectivity index (χ0v) is 19.8. The molecule has 0 fully saturated rings. The Morgan fingerprint density at radius 2 is 1.38 bits per heavy atom. The molecule has 0 radical (unpaired) electrons. The smallest absolute Gasteiger partial charge is 0.343 e. The highest BCUT2D eigenvalue weighted by atomic mass is 16.5. The fourth-order valence-corrected chi connectivity index (χ4v) is 2.78. The summed E-state index contributed by atoms with van der Waals surface area (Å²) in [7, 11) is 0. The van der Waals surface area contributed by atoms with Gasteiger partial charge < -0.3 is 18.9 Å². The van der Waals surface area contributed by atoms with Gasteiger partial charge in [0.1, 0.15) is 17.2 Å². The number of ether oxygens (including phenoxy) is 4. The van der Waals surface area contributed by atoms with Gasteiger partial charge in [0.15, 0.2) is 0 Å². The van der Waals surface area contributed by atoms with Crippen LogP contribution >= 0.6 is 0 Å². The number of hydrogen-bond donors (Lipinski definition) is 0. The first-order chi connectivity index (χ1) is 16.4. The first-order valence-corrected chi connectivity index (χ1v) is 11.5. The maximum Gasteiger partial charge on any atom is 0.343 e. The molecular formula is C27H32O7. The second-order valence-corrected chi connectivity index (χ2v) is 7.79. The van der Waals surface area contributed by atoms with Gasteiger partial charge in [-0.25, -0.2) is 9.59 Å². The van der Waals surface area contributed by atoms with Gasteiger partial charge in [-0.2, -0.15) is 0 Å². The third-order valence-corrected chi connectivity index (χ3v) is 4.73. The van der Waals surface area contributed by atoms with Crippen molar-refractivity contribution >= 4 is 17.9 Å². The zero-order valence-electron chi connectivity index (χ0n) is 19.8. The van der Waals surface area contributed by atoms with Crippen LogP contribution < -0.4 is 14.2 Å². The highest BCUT2D eigenvalue weighted by Gasteiger charge is 2.11. The van der Waals surface area contributed by atoms with Gasteiger partial charge in [-0.15, -0.1) is 0 Å². The minimum atomic E-state index is -0.509. The Hall–Kier alpha value is -3.61. The van der Waals surface area contributed by atoms with Gasteiger partial charge in [-0.05, 0) is 81.1 Å². The van der Waals surface area contributed by atoms with E-state index in [1.807, 2.05) is 0 Å². The van der Waals surface area contributed by atoms with E-state index in [2.05, 4.69) is 13.5 Å². The Bertz CT molecular complexity index is 946. The molecule has 0 aliphatic heterocycles. The van der Waals surface area contributed by atoms with Crippen molar-refractivity contribution in [3.8, 4) is 17.2 Å². The van der Waals surface area contributed by atoms with E-state index in [0.29, 0.717) is 48.7 Å². The zero-order chi connectivity index (χ0) is 24.8. The third-order valence-electron chi connectivity index (χ3n) is 4.73. The van der Waals surface area contributed by atoms with Crippen LogP contribution in [0.5, 0.6) is 17.2 Å². The molecule has 182 valence electrons. The second kappa shape index (κ2) is 14.5. The predicted octanol–water partition coefficient (Wildman–Crippen LogP) is 5.67. The van der Waals surface area contributed by atoms with Crippen LogP contribution in [0.3, 0.4) is 0 Å². The fraction of sp³-hybridized carbons (Fsp3) is 0.370. The van der Waals surface area contributed by atoms with Gasteiger partial charge in [0.25, 0.3) is 0 Å². The topological polar surface area (TPSA) is 88.1 Å². The molecule has 0 unspecified atom stereocenters. The standard InChI is InChI=1S/C27H32O7/c1-4-5-18-31-22-14-16-24(17-15-22)34-27(30)21-10-12-23(13-11-21)33-25(28)9-7-6-8-19-32-26(29)20(2)3/h10-17H,2,4-9,18-19H2,1,3H3. The summed E-state index contributed by atoms with van der Waals surface area (Å²) in [6.45, 7) is 8.16. The summed E-state index contributed by atoms with van der Waals surface area (Å²) in [4.78, 5) is 35.6. The van der Waals surface area contributed by atoms with Crippen molar-refractivity contribution in [3.05, 3.63) is 66.2 Å². The van der Waals surface area contributed by atoms with E-state index >= 15 is 0 Å². The number of benzene rings is 2. The van der Waals surface area contributed by atoms with E-state index in [-0.39, 0.29) is 12.4 Å². The van der Waals surface area contributed by atoms with Gasteiger partial charge in [-0.1, -0.05) is 19.9 Å². The van der Waals surface area contributed by atoms with Crippen molar-refractivity contribution in [3.63, 3.8) is 0 Å². The molecule has 0 aliphatic carbocycles. The fourth-order valence-electron chi connectivity index (χ4n) is 2.78. The highest BCUT2D eigenvalue weighted by Crippen LogP contribution is 2.20. The number of unbranched alkanes of at least 4 members (excludes halogenated alkanes) is 3. The lowest BCUT2D eigenvalue weighted by atomic mass is 10.2. The van der Waals surface area contributed by atoms with Gasteiger partial charge >= 0.3 is 17.9 Å². The number of hydrogen-bond acceptors (Lipinski definition) is 7. The third kappa shape index (κ3) is 9.90. The van der Waals surface area contributed by atoms with E-state index in [0.717, 1.165) is 25.0 Å². The van der Waals surface area contributed by atoms with Crippen LogP contribution in [-0.4, -0.2) is 31.1 Å². The molecule has 0 atom stereocenters. The van der Waals surface area contributed by atoms with Crippen LogP contribution in [0.1, 0.15) is 62.7 Å². The van der Waals surface area contributed by atoms with Gasteiger partial charge in [0.2, 0.25) is 0 Å². The van der Waals surface area contributed by atoms with Crippen molar-refractivity contribution in [2.45, 2.75) is 52.4 Å². The lowest BCUT2D eigenvalue weighted by Crippen LogP contribution is -2.10. The Morgan fingerprint density at radius 3 is 2.03 bits per heavy atom. The molecule has 0 amide bonds. The Labute approximate surface area is 200 Å². The summed E-state index contributed by atoms with van der Waals surface area (Å²) >= 11 is 0. The monoisotopic (exact) mass is 468 g/mol. The first kappa shape index (κ1) is 26.6. The van der Waals surface area contributed by atoms with Gasteiger partial charge in [0.05, 0.1) is 18.8 Å². The summed E-state index contributed by atoms with van der Waals surface area (Å²) in [5.41, 5.74) is 0.706. The summed E-state index contributed by atoms with van der Waals surface area (Å²) in [6, 6.07) is 13.1. The molecule has 0 aliphatic rings. The molecule has 2 aromatic rings. The molecule has 0 saturated heterocycles. The largest absolute Gasteiger partial charge is 0.494 e. The van der Waals surface area contributed by atoms with Crippen LogP contribution in [0.25, 0.3) is 0 Å². The summed E-state index contributed by atoms with van der Waals surface area (Å²) in [5.74, 6) is 0.214. The summed E-state index contributed by atoms with van der Waals surface area (Å²) in [6.07, 6.45) is 4.31. The van der Waals surface area contributed by atoms with E-state index < -0.39 is 11.9 Å². The van der Waals surface area contributed by atoms with Crippen LogP contribution in [0.4, 0.5) is 0 Å². The maximum atomic E-state index is 12.4. The molecule has 0 saturated carbocycles. The van der Waals surface area contributed by atoms with Crippen molar-refractivity contribution in [2.24, 2.45) is 0 Å². The van der Waals surface area contributed by atoms with Crippen LogP contribution in [-0.2, 0) is 14.3 Å². The summed E-state index contributed by atoms with van der Waals surface area (Å²) < 4.78 is 21.3. The first-order valence-electron chi connectivity index (χ1n) is 11.5. The predicted molar refractivity (Wildman–Crippen MR) is 128 cm³/mol. The molecule has 0 heterocycles. The number of carbonyl (C=O) groups excluding carboxylic acids is 3. The molecule has 0 bridgehead atoms. The minimum absolute atomic E-state index is 0.246. The SMILES string of the molecule is C=C(C)C(=O)OCCCCCC(=O)Oc1ccc(C(=O)Oc2ccc(OCCCC)cc2)cc1. The number of carbonyl (C=O) groups is 3. The van der Waals surface area contributed by atoms with E-state index in [4.69, 9.17) is 18.9 Å². The quantitative estimate of drug-likeness (QED) is 0.153. The Balaban J connectivity index is 1.70. The van der Waals surface area contributed by atoms with Crippen LogP contribution in [0, 0.1) is 0 Å². The molecule has 2 rings (SSSR count). The van der Waals surface area contributed by atoms with Crippen LogP contribution in [0.15, 0.2) is 60.7 Å². The van der Waals surface area contributed by atoms with Crippen molar-refractivity contribution in [1.29, 1.82) is 0 Å². The Kier molecular flexibility index (Phi) is 11.4. The normalized spacial score (nSPS) is 10.3. The van der Waals surface area contributed by atoms with E-state index in [9.17, 15) is 14.4 Å². The molecule has 7 nitrogen and oxygen atoms in total. The van der Waals surface area contributed by atoms with Crippen molar-refractivity contribution < 1.29 is 33.3 Å². The molecule has 0 aromatic heterocycles. The molecular weight excluding hydrogens is 436 g/mol. The van der Waals surface area contributed by atoms with Crippen molar-refractivity contribution in [2.75, 3.05) is 13.2 Å². The molecule has 7 heteroatoms. The lowest BCUT2D eigenvalue weighted by molar-refractivity contribution is -0.139.